The molecule has 0 aliphatic carbocycles. The number of rotatable bonds is 2. The van der Waals surface area contributed by atoms with E-state index in [4.69, 9.17) is 4.74 Å². The SMILES string of the molecule is CCOC(=O)/C(C)=C1/CCCCCN1. The van der Waals surface area contributed by atoms with E-state index in [-0.39, 0.29) is 5.97 Å². The Balaban J connectivity index is 2.64. The first-order valence-corrected chi connectivity index (χ1v) is 5.36. The number of ether oxygens (including phenoxy) is 1. The zero-order valence-corrected chi connectivity index (χ0v) is 9.06. The number of hydrogen-bond donors (Lipinski definition) is 1. The van der Waals surface area contributed by atoms with Gasteiger partial charge in [-0.05, 0) is 33.1 Å². The minimum Gasteiger partial charge on any atom is -0.463 e. The summed E-state index contributed by atoms with van der Waals surface area (Å²) in [6.07, 6.45) is 4.58. The number of esters is 1. The highest BCUT2D eigenvalue weighted by atomic mass is 16.5. The van der Waals surface area contributed by atoms with Crippen LogP contribution in [0.2, 0.25) is 0 Å². The second-order valence-corrected chi connectivity index (χ2v) is 3.56. The largest absolute Gasteiger partial charge is 0.463 e. The highest BCUT2D eigenvalue weighted by Gasteiger charge is 2.12. The molecule has 0 spiro atoms. The molecular weight excluding hydrogens is 178 g/mol. The molecule has 1 fully saturated rings. The number of carbonyl (C=O) groups is 1. The highest BCUT2D eigenvalue weighted by Crippen LogP contribution is 2.15. The van der Waals surface area contributed by atoms with Crippen LogP contribution in [0.4, 0.5) is 0 Å². The Kier molecular flexibility index (Phi) is 4.50. The van der Waals surface area contributed by atoms with Gasteiger partial charge in [0.1, 0.15) is 0 Å². The van der Waals surface area contributed by atoms with Crippen molar-refractivity contribution in [3.8, 4) is 0 Å². The van der Waals surface area contributed by atoms with Crippen LogP contribution in [0.3, 0.4) is 0 Å². The molecule has 1 aliphatic heterocycles. The second kappa shape index (κ2) is 5.68. The van der Waals surface area contributed by atoms with Crippen molar-refractivity contribution in [3.05, 3.63) is 11.3 Å². The summed E-state index contributed by atoms with van der Waals surface area (Å²) in [4.78, 5) is 11.4. The van der Waals surface area contributed by atoms with Crippen LogP contribution >= 0.6 is 0 Å². The van der Waals surface area contributed by atoms with Gasteiger partial charge in [-0.15, -0.1) is 0 Å². The molecule has 0 bridgehead atoms. The predicted molar refractivity (Wildman–Crippen MR) is 55.8 cm³/mol. The number of carbonyl (C=O) groups excluding carboxylic acids is 1. The predicted octanol–water partition coefficient (Wildman–Crippen LogP) is 1.99. The molecule has 0 amide bonds. The van der Waals surface area contributed by atoms with E-state index in [1.54, 1.807) is 0 Å². The summed E-state index contributed by atoms with van der Waals surface area (Å²) < 4.78 is 4.96. The lowest BCUT2D eigenvalue weighted by molar-refractivity contribution is -0.138. The van der Waals surface area contributed by atoms with Crippen molar-refractivity contribution in [2.45, 2.75) is 39.5 Å². The molecule has 0 aromatic rings. The van der Waals surface area contributed by atoms with Gasteiger partial charge in [-0.25, -0.2) is 4.79 Å². The van der Waals surface area contributed by atoms with Gasteiger partial charge in [0.2, 0.25) is 0 Å². The lowest BCUT2D eigenvalue weighted by atomic mass is 10.1. The average molecular weight is 197 g/mol. The van der Waals surface area contributed by atoms with Gasteiger partial charge in [0.15, 0.2) is 0 Å². The van der Waals surface area contributed by atoms with Crippen molar-refractivity contribution in [2.24, 2.45) is 0 Å². The van der Waals surface area contributed by atoms with Gasteiger partial charge >= 0.3 is 5.97 Å². The fourth-order valence-corrected chi connectivity index (χ4v) is 1.61. The van der Waals surface area contributed by atoms with E-state index >= 15 is 0 Å². The zero-order chi connectivity index (χ0) is 10.4. The molecule has 1 saturated heterocycles. The summed E-state index contributed by atoms with van der Waals surface area (Å²) in [5.74, 6) is -0.183. The fourth-order valence-electron chi connectivity index (χ4n) is 1.61. The Morgan fingerprint density at radius 1 is 1.43 bits per heavy atom. The van der Waals surface area contributed by atoms with Gasteiger partial charge < -0.3 is 10.1 Å². The van der Waals surface area contributed by atoms with Crippen molar-refractivity contribution < 1.29 is 9.53 Å². The van der Waals surface area contributed by atoms with Crippen LogP contribution in [-0.4, -0.2) is 19.1 Å². The molecule has 1 aliphatic rings. The molecule has 3 nitrogen and oxygen atoms in total. The Labute approximate surface area is 85.5 Å². The van der Waals surface area contributed by atoms with Gasteiger partial charge in [0, 0.05) is 12.2 Å². The van der Waals surface area contributed by atoms with Gasteiger partial charge in [-0.3, -0.25) is 0 Å². The normalized spacial score (nSPS) is 20.7. The van der Waals surface area contributed by atoms with Crippen LogP contribution in [0.5, 0.6) is 0 Å². The molecule has 0 aromatic heterocycles. The Hall–Kier alpha value is -0.990. The van der Waals surface area contributed by atoms with E-state index in [0.29, 0.717) is 6.61 Å². The topological polar surface area (TPSA) is 38.3 Å². The summed E-state index contributed by atoms with van der Waals surface area (Å²) in [7, 11) is 0. The zero-order valence-electron chi connectivity index (χ0n) is 9.06. The first-order chi connectivity index (χ1) is 6.75. The van der Waals surface area contributed by atoms with Crippen molar-refractivity contribution in [1.82, 2.24) is 5.32 Å². The summed E-state index contributed by atoms with van der Waals surface area (Å²) >= 11 is 0. The lowest BCUT2D eigenvalue weighted by Gasteiger charge is -2.10. The third kappa shape index (κ3) is 3.05. The number of allylic oxidation sites excluding steroid dienone is 1. The molecule has 1 heterocycles. The summed E-state index contributed by atoms with van der Waals surface area (Å²) in [6, 6.07) is 0. The van der Waals surface area contributed by atoms with E-state index < -0.39 is 0 Å². The van der Waals surface area contributed by atoms with Crippen LogP contribution in [0.1, 0.15) is 39.5 Å². The molecule has 0 saturated carbocycles. The van der Waals surface area contributed by atoms with Crippen molar-refractivity contribution >= 4 is 5.97 Å². The van der Waals surface area contributed by atoms with E-state index in [9.17, 15) is 4.79 Å². The quantitative estimate of drug-likeness (QED) is 0.543. The van der Waals surface area contributed by atoms with Crippen LogP contribution in [0.25, 0.3) is 0 Å². The van der Waals surface area contributed by atoms with Crippen LogP contribution in [0, 0.1) is 0 Å². The standard InChI is InChI=1S/C11H19NO2/c1-3-14-11(13)9(2)10-7-5-4-6-8-12-10/h12H,3-8H2,1-2H3/b10-9-. The summed E-state index contributed by atoms with van der Waals surface area (Å²) in [5, 5.41) is 3.30. The van der Waals surface area contributed by atoms with Crippen molar-refractivity contribution in [1.29, 1.82) is 0 Å². The molecule has 0 atom stereocenters. The maximum Gasteiger partial charge on any atom is 0.335 e. The fraction of sp³-hybridized carbons (Fsp3) is 0.727. The molecule has 0 unspecified atom stereocenters. The van der Waals surface area contributed by atoms with Crippen LogP contribution in [0.15, 0.2) is 11.3 Å². The number of nitrogens with one attached hydrogen (secondary N) is 1. The molecule has 3 heteroatoms. The van der Waals surface area contributed by atoms with Gasteiger partial charge in [-0.2, -0.15) is 0 Å². The van der Waals surface area contributed by atoms with E-state index in [0.717, 1.165) is 24.2 Å². The monoisotopic (exact) mass is 197 g/mol. The van der Waals surface area contributed by atoms with E-state index in [1.807, 2.05) is 13.8 Å². The molecule has 80 valence electrons. The average Bonchev–Trinajstić information content (AvgIpc) is 2.45. The molecule has 14 heavy (non-hydrogen) atoms. The van der Waals surface area contributed by atoms with E-state index in [2.05, 4.69) is 5.32 Å². The summed E-state index contributed by atoms with van der Waals surface area (Å²) in [6.45, 7) is 5.09. The molecule has 1 rings (SSSR count). The minimum atomic E-state index is -0.183. The van der Waals surface area contributed by atoms with Crippen LogP contribution < -0.4 is 5.32 Å². The number of hydrogen-bond acceptors (Lipinski definition) is 3. The Morgan fingerprint density at radius 3 is 2.93 bits per heavy atom. The Morgan fingerprint density at radius 2 is 2.21 bits per heavy atom. The van der Waals surface area contributed by atoms with Crippen molar-refractivity contribution in [3.63, 3.8) is 0 Å². The second-order valence-electron chi connectivity index (χ2n) is 3.56. The van der Waals surface area contributed by atoms with Gasteiger partial charge in [0.25, 0.3) is 0 Å². The molecule has 0 aromatic carbocycles. The van der Waals surface area contributed by atoms with Crippen molar-refractivity contribution in [2.75, 3.05) is 13.2 Å². The maximum absolute atomic E-state index is 11.4. The molecular formula is C11H19NO2. The first kappa shape index (κ1) is 11.1. The first-order valence-electron chi connectivity index (χ1n) is 5.36. The van der Waals surface area contributed by atoms with Gasteiger partial charge in [0.05, 0.1) is 12.2 Å². The highest BCUT2D eigenvalue weighted by molar-refractivity contribution is 5.88. The third-order valence-electron chi connectivity index (χ3n) is 2.48. The maximum atomic E-state index is 11.4. The molecule has 1 N–H and O–H groups in total. The van der Waals surface area contributed by atoms with Crippen LogP contribution in [-0.2, 0) is 9.53 Å². The minimum absolute atomic E-state index is 0.183. The third-order valence-corrected chi connectivity index (χ3v) is 2.48. The Bertz CT molecular complexity index is 223. The smallest absolute Gasteiger partial charge is 0.335 e. The van der Waals surface area contributed by atoms with E-state index in [1.165, 1.54) is 19.3 Å². The molecule has 0 radical (unpaired) electrons. The van der Waals surface area contributed by atoms with Gasteiger partial charge in [-0.1, -0.05) is 6.42 Å². The summed E-state index contributed by atoms with van der Waals surface area (Å²) in [5.41, 5.74) is 1.81. The lowest BCUT2D eigenvalue weighted by Crippen LogP contribution is -2.18.